The number of phenolic OH excluding ortho intramolecular Hbond substituents is 1. The Bertz CT molecular complexity index is 365. The summed E-state index contributed by atoms with van der Waals surface area (Å²) in [5.74, 6) is 0.451. The number of ether oxygens (including phenoxy) is 1. The summed E-state index contributed by atoms with van der Waals surface area (Å²) in [7, 11) is 1.53. The van der Waals surface area contributed by atoms with Crippen molar-refractivity contribution >= 4 is 24.0 Å². The molecule has 2 N–H and O–H groups in total. The molecule has 1 aliphatic rings. The fraction of sp³-hybridized carbons (Fsp3) is 0.455. The number of benzene rings is 1. The first kappa shape index (κ1) is 13.4. The van der Waals surface area contributed by atoms with Gasteiger partial charge in [0, 0.05) is 6.04 Å². The number of nitrogens with one attached hydrogen (secondary N) is 1. The lowest BCUT2D eigenvalue weighted by Gasteiger charge is -2.13. The molecule has 0 amide bonds. The zero-order chi connectivity index (χ0) is 10.8. The first-order valence-electron chi connectivity index (χ1n) is 5.02. The lowest BCUT2D eigenvalue weighted by molar-refractivity contribution is 0.372. The van der Waals surface area contributed by atoms with Gasteiger partial charge in [-0.3, -0.25) is 0 Å². The van der Waals surface area contributed by atoms with Crippen LogP contribution in [0.2, 0.25) is 5.02 Å². The Morgan fingerprint density at radius 3 is 2.81 bits per heavy atom. The van der Waals surface area contributed by atoms with Gasteiger partial charge in [-0.2, -0.15) is 0 Å². The third-order valence-corrected chi connectivity index (χ3v) is 3.02. The molecule has 0 unspecified atom stereocenters. The minimum atomic E-state index is 0. The van der Waals surface area contributed by atoms with Gasteiger partial charge in [0.2, 0.25) is 0 Å². The van der Waals surface area contributed by atoms with Crippen molar-refractivity contribution in [3.8, 4) is 11.5 Å². The van der Waals surface area contributed by atoms with Crippen molar-refractivity contribution in [3.05, 3.63) is 22.7 Å². The van der Waals surface area contributed by atoms with Crippen LogP contribution in [0.4, 0.5) is 0 Å². The molecule has 1 saturated heterocycles. The zero-order valence-electron chi connectivity index (χ0n) is 9.00. The predicted octanol–water partition coefficient (Wildman–Crippen LogP) is 2.90. The highest BCUT2D eigenvalue weighted by atomic mass is 35.5. The molecule has 0 aliphatic carbocycles. The van der Waals surface area contributed by atoms with Crippen LogP contribution in [0.5, 0.6) is 11.5 Å². The molecule has 1 aromatic rings. The summed E-state index contributed by atoms with van der Waals surface area (Å²) in [6, 6.07) is 3.96. The van der Waals surface area contributed by atoms with Gasteiger partial charge >= 0.3 is 0 Å². The molecule has 3 nitrogen and oxygen atoms in total. The number of halogens is 2. The monoisotopic (exact) mass is 263 g/mol. The highest BCUT2D eigenvalue weighted by Crippen LogP contribution is 2.38. The third-order valence-electron chi connectivity index (χ3n) is 2.73. The van der Waals surface area contributed by atoms with Crippen LogP contribution in [0, 0.1) is 0 Å². The van der Waals surface area contributed by atoms with Crippen LogP contribution >= 0.6 is 24.0 Å². The van der Waals surface area contributed by atoms with E-state index in [0.29, 0.717) is 16.8 Å². The van der Waals surface area contributed by atoms with Crippen molar-refractivity contribution in [3.63, 3.8) is 0 Å². The van der Waals surface area contributed by atoms with Crippen LogP contribution in [-0.2, 0) is 0 Å². The Labute approximate surface area is 106 Å². The van der Waals surface area contributed by atoms with Crippen molar-refractivity contribution in [1.82, 2.24) is 5.32 Å². The minimum Gasteiger partial charge on any atom is -0.503 e. The molecule has 0 radical (unpaired) electrons. The van der Waals surface area contributed by atoms with E-state index in [1.807, 2.05) is 6.07 Å². The van der Waals surface area contributed by atoms with Crippen molar-refractivity contribution in [2.75, 3.05) is 13.7 Å². The van der Waals surface area contributed by atoms with Crippen LogP contribution in [0.15, 0.2) is 12.1 Å². The fourth-order valence-electron chi connectivity index (χ4n) is 1.92. The molecule has 16 heavy (non-hydrogen) atoms. The molecule has 0 spiro atoms. The van der Waals surface area contributed by atoms with E-state index < -0.39 is 0 Å². The van der Waals surface area contributed by atoms with E-state index in [1.54, 1.807) is 6.07 Å². The average molecular weight is 264 g/mol. The first-order chi connectivity index (χ1) is 7.22. The molecule has 0 saturated carbocycles. The van der Waals surface area contributed by atoms with Gasteiger partial charge in [-0.25, -0.2) is 0 Å². The maximum atomic E-state index is 9.59. The Kier molecular flexibility index (Phi) is 4.71. The summed E-state index contributed by atoms with van der Waals surface area (Å²) < 4.78 is 5.06. The second-order valence-corrected chi connectivity index (χ2v) is 4.11. The van der Waals surface area contributed by atoms with Crippen LogP contribution in [0.1, 0.15) is 24.4 Å². The third kappa shape index (κ3) is 2.54. The number of rotatable bonds is 2. The smallest absolute Gasteiger partial charge is 0.176 e. The van der Waals surface area contributed by atoms with E-state index in [9.17, 15) is 5.11 Å². The highest BCUT2D eigenvalue weighted by Gasteiger charge is 2.19. The molecule has 1 aromatic carbocycles. The quantitative estimate of drug-likeness (QED) is 0.863. The maximum Gasteiger partial charge on any atom is 0.176 e. The second kappa shape index (κ2) is 5.62. The van der Waals surface area contributed by atoms with E-state index in [1.165, 1.54) is 13.5 Å². The summed E-state index contributed by atoms with van der Waals surface area (Å²) in [6.07, 6.45) is 2.27. The molecule has 1 heterocycles. The van der Waals surface area contributed by atoms with Crippen LogP contribution in [0.25, 0.3) is 0 Å². The maximum absolute atomic E-state index is 9.59. The van der Waals surface area contributed by atoms with Gasteiger partial charge in [0.25, 0.3) is 0 Å². The molecular weight excluding hydrogens is 249 g/mol. The standard InChI is InChI=1S/C11H14ClNO2.ClH/c1-15-10-6-7(5-8(12)11(10)14)9-3-2-4-13-9;/h5-6,9,13-14H,2-4H2,1H3;1H/t9-;/m1./s1. The molecule has 0 bridgehead atoms. The minimum absolute atomic E-state index is 0. The SMILES string of the molecule is COc1cc([C@H]2CCCN2)cc(Cl)c1O.Cl. The summed E-state index contributed by atoms with van der Waals surface area (Å²) in [5, 5.41) is 13.3. The lowest BCUT2D eigenvalue weighted by Crippen LogP contribution is -2.12. The molecule has 1 aliphatic heterocycles. The summed E-state index contributed by atoms with van der Waals surface area (Å²) in [6.45, 7) is 1.03. The second-order valence-electron chi connectivity index (χ2n) is 3.70. The largest absolute Gasteiger partial charge is 0.503 e. The van der Waals surface area contributed by atoms with Crippen molar-refractivity contribution < 1.29 is 9.84 Å². The molecule has 0 aromatic heterocycles. The Balaban J connectivity index is 0.00000128. The van der Waals surface area contributed by atoms with E-state index in [0.717, 1.165) is 18.5 Å². The molecule has 5 heteroatoms. The first-order valence-corrected chi connectivity index (χ1v) is 5.40. The van der Waals surface area contributed by atoms with Gasteiger partial charge in [0.05, 0.1) is 12.1 Å². The Morgan fingerprint density at radius 1 is 1.50 bits per heavy atom. The van der Waals surface area contributed by atoms with Crippen LogP contribution in [-0.4, -0.2) is 18.8 Å². The number of methoxy groups -OCH3 is 1. The van der Waals surface area contributed by atoms with E-state index in [-0.39, 0.29) is 18.2 Å². The zero-order valence-corrected chi connectivity index (χ0v) is 10.6. The summed E-state index contributed by atoms with van der Waals surface area (Å²) >= 11 is 5.92. The van der Waals surface area contributed by atoms with Crippen molar-refractivity contribution in [2.45, 2.75) is 18.9 Å². The summed E-state index contributed by atoms with van der Waals surface area (Å²) in [5.41, 5.74) is 1.08. The number of hydrogen-bond acceptors (Lipinski definition) is 3. The average Bonchev–Trinajstić information content (AvgIpc) is 2.75. The van der Waals surface area contributed by atoms with Gasteiger partial charge < -0.3 is 15.2 Å². The van der Waals surface area contributed by atoms with E-state index in [4.69, 9.17) is 16.3 Å². The Morgan fingerprint density at radius 2 is 2.25 bits per heavy atom. The van der Waals surface area contributed by atoms with Gasteiger partial charge in [0.15, 0.2) is 11.5 Å². The fourth-order valence-corrected chi connectivity index (χ4v) is 2.14. The predicted molar refractivity (Wildman–Crippen MR) is 66.9 cm³/mol. The molecule has 2 rings (SSSR count). The van der Waals surface area contributed by atoms with Crippen molar-refractivity contribution in [1.29, 1.82) is 0 Å². The highest BCUT2D eigenvalue weighted by molar-refractivity contribution is 6.32. The van der Waals surface area contributed by atoms with E-state index in [2.05, 4.69) is 5.32 Å². The lowest BCUT2D eigenvalue weighted by atomic mass is 10.0. The number of phenols is 1. The molecule has 90 valence electrons. The van der Waals surface area contributed by atoms with Gasteiger partial charge in [0.1, 0.15) is 0 Å². The van der Waals surface area contributed by atoms with Gasteiger partial charge in [-0.15, -0.1) is 12.4 Å². The topological polar surface area (TPSA) is 41.5 Å². The summed E-state index contributed by atoms with van der Waals surface area (Å²) in [4.78, 5) is 0. The number of aromatic hydroxyl groups is 1. The van der Waals surface area contributed by atoms with Crippen LogP contribution in [0.3, 0.4) is 0 Å². The van der Waals surface area contributed by atoms with E-state index >= 15 is 0 Å². The molecule has 1 fully saturated rings. The van der Waals surface area contributed by atoms with Gasteiger partial charge in [-0.05, 0) is 37.1 Å². The normalized spacial score (nSPS) is 19.2. The number of hydrogen-bond donors (Lipinski definition) is 2. The van der Waals surface area contributed by atoms with Crippen molar-refractivity contribution in [2.24, 2.45) is 0 Å². The Hall–Kier alpha value is -0.640. The molecule has 1 atom stereocenters. The van der Waals surface area contributed by atoms with Crippen LogP contribution < -0.4 is 10.1 Å². The van der Waals surface area contributed by atoms with Gasteiger partial charge in [-0.1, -0.05) is 11.6 Å². The molecular formula is C11H15Cl2NO2.